The number of benzene rings is 1. The zero-order valence-electron chi connectivity index (χ0n) is 11.9. The van der Waals surface area contributed by atoms with Crippen LogP contribution in [0.1, 0.15) is 10.6 Å². The minimum absolute atomic E-state index is 0.0792. The quantitative estimate of drug-likeness (QED) is 0.487. The molecule has 0 fully saturated rings. The predicted octanol–water partition coefficient (Wildman–Crippen LogP) is -0.267. The topological polar surface area (TPSA) is 101 Å². The number of carboxylic acid groups (broad SMARTS) is 1. The van der Waals surface area contributed by atoms with Gasteiger partial charge in [0.15, 0.2) is 11.8 Å². The molecule has 0 aliphatic carbocycles. The predicted molar refractivity (Wildman–Crippen MR) is 76.3 cm³/mol. The first kappa shape index (κ1) is 13.8. The number of hydrogen-bond acceptors (Lipinski definition) is 6. The van der Waals surface area contributed by atoms with E-state index in [1.54, 1.807) is 11.9 Å². The molecule has 0 aliphatic heterocycles. The smallest absolute Gasteiger partial charge is 0.310 e. The van der Waals surface area contributed by atoms with Crippen molar-refractivity contribution in [3.63, 3.8) is 0 Å². The fraction of sp³-hybridized carbons (Fsp3) is 0.143. The Morgan fingerprint density at radius 2 is 1.95 bits per heavy atom. The van der Waals surface area contributed by atoms with E-state index in [2.05, 4.69) is 9.97 Å². The molecule has 0 atom stereocenters. The van der Waals surface area contributed by atoms with Crippen LogP contribution in [-0.2, 0) is 7.05 Å². The van der Waals surface area contributed by atoms with Crippen LogP contribution >= 0.6 is 0 Å². The highest BCUT2D eigenvalue weighted by Crippen LogP contribution is 2.26. The molecule has 3 aromatic rings. The molecule has 0 aliphatic rings. The highest BCUT2D eigenvalue weighted by atomic mass is 16.5. The zero-order chi connectivity index (χ0) is 15.9. The molecule has 0 spiro atoms. The van der Waals surface area contributed by atoms with Crippen LogP contribution in [0.25, 0.3) is 11.2 Å². The van der Waals surface area contributed by atoms with Gasteiger partial charge in [0.1, 0.15) is 6.33 Å². The third-order valence-electron chi connectivity index (χ3n) is 3.46. The van der Waals surface area contributed by atoms with Crippen molar-refractivity contribution in [3.05, 3.63) is 47.7 Å². The van der Waals surface area contributed by atoms with Crippen molar-refractivity contribution in [3.8, 4) is 0 Å². The Hall–Kier alpha value is -3.16. The molecule has 0 radical (unpaired) electrons. The number of aryl methyl sites for hydroxylation is 1. The van der Waals surface area contributed by atoms with Crippen LogP contribution in [0, 0.1) is 5.21 Å². The van der Waals surface area contributed by atoms with Crippen LogP contribution in [0.3, 0.4) is 0 Å². The zero-order valence-corrected chi connectivity index (χ0v) is 11.9. The SMILES string of the molecule is CN(c1ccccc1)c1ncnc2c1[n+]([O-])c(C(=O)[O-])n2C. The summed E-state index contributed by atoms with van der Waals surface area (Å²) in [5.74, 6) is -1.77. The number of imidazole rings is 1. The van der Waals surface area contributed by atoms with E-state index in [0.29, 0.717) is 10.5 Å². The molecule has 22 heavy (non-hydrogen) atoms. The summed E-state index contributed by atoms with van der Waals surface area (Å²) in [5.41, 5.74) is 1.11. The van der Waals surface area contributed by atoms with Crippen molar-refractivity contribution in [2.45, 2.75) is 0 Å². The second-order valence-corrected chi connectivity index (χ2v) is 4.73. The lowest BCUT2D eigenvalue weighted by molar-refractivity contribution is -0.584. The van der Waals surface area contributed by atoms with Crippen LogP contribution in [0.4, 0.5) is 11.5 Å². The molecular weight excluding hydrogens is 286 g/mol. The van der Waals surface area contributed by atoms with Crippen LogP contribution < -0.4 is 14.7 Å². The van der Waals surface area contributed by atoms with E-state index < -0.39 is 11.8 Å². The molecule has 0 unspecified atom stereocenters. The van der Waals surface area contributed by atoms with Gasteiger partial charge in [-0.05, 0) is 12.1 Å². The van der Waals surface area contributed by atoms with Gasteiger partial charge in [-0.2, -0.15) is 4.98 Å². The summed E-state index contributed by atoms with van der Waals surface area (Å²) in [6, 6.07) is 9.29. The lowest BCUT2D eigenvalue weighted by Crippen LogP contribution is -2.41. The van der Waals surface area contributed by atoms with E-state index in [0.717, 1.165) is 5.69 Å². The van der Waals surface area contributed by atoms with Gasteiger partial charge in [0.2, 0.25) is 5.52 Å². The summed E-state index contributed by atoms with van der Waals surface area (Å²) >= 11 is 0. The number of carboxylic acids is 1. The number of fused-ring (bicyclic) bond motifs is 1. The van der Waals surface area contributed by atoms with Crippen molar-refractivity contribution in [1.82, 2.24) is 14.5 Å². The van der Waals surface area contributed by atoms with Gasteiger partial charge in [-0.1, -0.05) is 18.2 Å². The van der Waals surface area contributed by atoms with Crippen molar-refractivity contribution < 1.29 is 14.6 Å². The first-order chi connectivity index (χ1) is 10.5. The maximum absolute atomic E-state index is 12.3. The molecule has 0 saturated heterocycles. The number of para-hydroxylation sites is 1. The van der Waals surface area contributed by atoms with Gasteiger partial charge < -0.3 is 20.0 Å². The highest BCUT2D eigenvalue weighted by Gasteiger charge is 2.26. The van der Waals surface area contributed by atoms with Gasteiger partial charge in [0.25, 0.3) is 5.65 Å². The Kier molecular flexibility index (Phi) is 3.13. The lowest BCUT2D eigenvalue weighted by atomic mass is 10.3. The summed E-state index contributed by atoms with van der Waals surface area (Å²) in [7, 11) is 3.18. The average molecular weight is 298 g/mol. The minimum Gasteiger partial charge on any atom is -0.710 e. The first-order valence-electron chi connectivity index (χ1n) is 6.45. The van der Waals surface area contributed by atoms with Gasteiger partial charge in [-0.15, -0.1) is 0 Å². The molecule has 2 aromatic heterocycles. The summed E-state index contributed by atoms with van der Waals surface area (Å²) in [6.45, 7) is 0. The Morgan fingerprint density at radius 3 is 2.59 bits per heavy atom. The maximum Gasteiger partial charge on any atom is 0.310 e. The molecule has 0 N–H and O–H groups in total. The molecule has 8 heteroatoms. The van der Waals surface area contributed by atoms with Crippen molar-refractivity contribution in [2.75, 3.05) is 11.9 Å². The normalized spacial score (nSPS) is 10.8. The van der Waals surface area contributed by atoms with Crippen molar-refractivity contribution >= 4 is 28.6 Å². The number of rotatable bonds is 3. The first-order valence-corrected chi connectivity index (χ1v) is 6.45. The minimum atomic E-state index is -1.57. The van der Waals surface area contributed by atoms with Gasteiger partial charge >= 0.3 is 5.82 Å². The summed E-state index contributed by atoms with van der Waals surface area (Å²) in [6.07, 6.45) is 1.29. The van der Waals surface area contributed by atoms with Gasteiger partial charge in [0.05, 0.1) is 7.05 Å². The van der Waals surface area contributed by atoms with Gasteiger partial charge in [0, 0.05) is 12.7 Å². The van der Waals surface area contributed by atoms with Crippen molar-refractivity contribution in [1.29, 1.82) is 0 Å². The van der Waals surface area contributed by atoms with Crippen LogP contribution in [-0.4, -0.2) is 27.6 Å². The highest BCUT2D eigenvalue weighted by molar-refractivity contribution is 5.88. The van der Waals surface area contributed by atoms with Gasteiger partial charge in [-0.3, -0.25) is 0 Å². The Labute approximate surface area is 125 Å². The number of carbonyl (C=O) groups is 1. The molecule has 8 nitrogen and oxygen atoms in total. The van der Waals surface area contributed by atoms with Crippen LogP contribution in [0.2, 0.25) is 0 Å². The fourth-order valence-electron chi connectivity index (χ4n) is 2.37. The summed E-state index contributed by atoms with van der Waals surface area (Å²) in [5, 5.41) is 23.5. The molecule has 0 bridgehead atoms. The lowest BCUT2D eigenvalue weighted by Gasteiger charge is -2.18. The summed E-state index contributed by atoms with van der Waals surface area (Å²) in [4.78, 5) is 21.0. The van der Waals surface area contributed by atoms with Gasteiger partial charge in [-0.25, -0.2) is 14.3 Å². The second-order valence-electron chi connectivity index (χ2n) is 4.73. The molecular formula is C14H12N5O3-. The Balaban J connectivity index is 2.28. The average Bonchev–Trinajstić information content (AvgIpc) is 2.79. The summed E-state index contributed by atoms with van der Waals surface area (Å²) < 4.78 is 1.47. The molecule has 3 rings (SSSR count). The Morgan fingerprint density at radius 1 is 1.27 bits per heavy atom. The van der Waals surface area contributed by atoms with E-state index in [-0.39, 0.29) is 11.2 Å². The Bertz CT molecular complexity index is 860. The number of carbonyl (C=O) groups excluding carboxylic acids is 1. The van der Waals surface area contributed by atoms with Crippen LogP contribution in [0.5, 0.6) is 0 Å². The largest absolute Gasteiger partial charge is 0.710 e. The third kappa shape index (κ3) is 1.93. The van der Waals surface area contributed by atoms with Crippen LogP contribution in [0.15, 0.2) is 36.7 Å². The van der Waals surface area contributed by atoms with E-state index >= 15 is 0 Å². The molecule has 1 aromatic carbocycles. The second kappa shape index (κ2) is 4.99. The maximum atomic E-state index is 12.3. The number of aromatic nitrogens is 4. The molecule has 0 saturated carbocycles. The standard InChI is InChI=1S/C14H13N5O3/c1-17(9-6-4-3-5-7-9)11-10-12(16-8-15-11)18(2)13(14(20)21)19(10)22/h3-8H,1-2H3,(H,20,21)/p-1. The van der Waals surface area contributed by atoms with E-state index in [1.165, 1.54) is 17.9 Å². The molecule has 2 heterocycles. The van der Waals surface area contributed by atoms with E-state index in [4.69, 9.17) is 0 Å². The van der Waals surface area contributed by atoms with E-state index in [9.17, 15) is 15.1 Å². The molecule has 112 valence electrons. The van der Waals surface area contributed by atoms with E-state index in [1.807, 2.05) is 30.3 Å². The fourth-order valence-corrected chi connectivity index (χ4v) is 2.37. The van der Waals surface area contributed by atoms with Crippen molar-refractivity contribution in [2.24, 2.45) is 7.05 Å². The number of hydrogen-bond donors (Lipinski definition) is 0. The number of nitrogens with zero attached hydrogens (tertiary/aromatic N) is 5. The molecule has 0 amide bonds. The monoisotopic (exact) mass is 298 g/mol. The number of aromatic carboxylic acids is 1. The third-order valence-corrected chi connectivity index (χ3v) is 3.46. The number of anilines is 2.